The minimum atomic E-state index is 0.396. The van der Waals surface area contributed by atoms with Crippen LogP contribution in [0.15, 0.2) is 0 Å². The van der Waals surface area contributed by atoms with Crippen molar-refractivity contribution in [3.8, 4) is 0 Å². The van der Waals surface area contributed by atoms with Gasteiger partial charge in [0.25, 0.3) is 0 Å². The number of rotatable bonds is 0. The topological polar surface area (TPSA) is 17.1 Å². The first-order chi connectivity index (χ1) is 4.79. The fourth-order valence-corrected chi connectivity index (χ4v) is 2.51. The van der Waals surface area contributed by atoms with Gasteiger partial charge in [-0.1, -0.05) is 6.92 Å². The normalized spacial score (nSPS) is 46.1. The Labute approximate surface area is 61.8 Å². The van der Waals surface area contributed by atoms with Crippen LogP contribution in [0.25, 0.3) is 0 Å². The van der Waals surface area contributed by atoms with Gasteiger partial charge in [-0.2, -0.15) is 0 Å². The lowest BCUT2D eigenvalue weighted by Crippen LogP contribution is -2.38. The average Bonchev–Trinajstić information content (AvgIpc) is 2.00. The Balaban J connectivity index is 2.20. The minimum Gasteiger partial charge on any atom is -0.299 e. The standard InChI is InChI=1S/C9H14O/c1-6-7-2-4-8(5-3-7)9(6)10/h6-8H,2-5H2,1H3. The molecule has 56 valence electrons. The van der Waals surface area contributed by atoms with Crippen molar-refractivity contribution in [1.82, 2.24) is 0 Å². The number of hydrogen-bond acceptors (Lipinski definition) is 1. The molecule has 0 saturated heterocycles. The summed E-state index contributed by atoms with van der Waals surface area (Å²) in [6.07, 6.45) is 5.01. The predicted molar refractivity (Wildman–Crippen MR) is 39.6 cm³/mol. The largest absolute Gasteiger partial charge is 0.299 e. The number of carbonyl (C=O) groups excluding carboxylic acids is 1. The molecule has 3 saturated carbocycles. The Bertz CT molecular complexity index is 150. The van der Waals surface area contributed by atoms with Gasteiger partial charge in [0.05, 0.1) is 0 Å². The summed E-state index contributed by atoms with van der Waals surface area (Å²) in [5, 5.41) is 0. The molecule has 1 atom stereocenters. The van der Waals surface area contributed by atoms with Gasteiger partial charge in [-0.3, -0.25) is 4.79 Å². The second-order valence-corrected chi connectivity index (χ2v) is 3.80. The number of carbonyl (C=O) groups is 1. The van der Waals surface area contributed by atoms with Crippen LogP contribution in [0.3, 0.4) is 0 Å². The van der Waals surface area contributed by atoms with Crippen molar-refractivity contribution in [3.05, 3.63) is 0 Å². The first kappa shape index (κ1) is 6.38. The number of ketones is 1. The highest BCUT2D eigenvalue weighted by atomic mass is 16.1. The van der Waals surface area contributed by atoms with E-state index in [4.69, 9.17) is 0 Å². The fraction of sp³-hybridized carbons (Fsp3) is 0.889. The molecule has 0 heterocycles. The van der Waals surface area contributed by atoms with Gasteiger partial charge in [0, 0.05) is 11.8 Å². The molecule has 1 heteroatoms. The van der Waals surface area contributed by atoms with Crippen molar-refractivity contribution >= 4 is 5.78 Å². The quantitative estimate of drug-likeness (QED) is 0.500. The summed E-state index contributed by atoms with van der Waals surface area (Å²) in [5.41, 5.74) is 0. The second-order valence-electron chi connectivity index (χ2n) is 3.80. The smallest absolute Gasteiger partial charge is 0.139 e. The summed E-state index contributed by atoms with van der Waals surface area (Å²) in [6, 6.07) is 0. The molecule has 0 spiro atoms. The second kappa shape index (κ2) is 2.08. The lowest BCUT2D eigenvalue weighted by atomic mass is 9.64. The van der Waals surface area contributed by atoms with Crippen molar-refractivity contribution in [1.29, 1.82) is 0 Å². The first-order valence-corrected chi connectivity index (χ1v) is 4.33. The van der Waals surface area contributed by atoms with Crippen molar-refractivity contribution in [2.45, 2.75) is 32.6 Å². The van der Waals surface area contributed by atoms with E-state index in [9.17, 15) is 4.79 Å². The van der Waals surface area contributed by atoms with Gasteiger partial charge in [-0.05, 0) is 31.6 Å². The lowest BCUT2D eigenvalue weighted by molar-refractivity contribution is -0.134. The molecule has 0 aromatic heterocycles. The van der Waals surface area contributed by atoms with Crippen LogP contribution in [0.1, 0.15) is 32.6 Å². The van der Waals surface area contributed by atoms with Crippen LogP contribution in [0.5, 0.6) is 0 Å². The molecule has 3 fully saturated rings. The molecule has 3 aliphatic carbocycles. The maximum Gasteiger partial charge on any atom is 0.139 e. The van der Waals surface area contributed by atoms with Crippen LogP contribution >= 0.6 is 0 Å². The molecule has 2 bridgehead atoms. The Morgan fingerprint density at radius 2 is 1.80 bits per heavy atom. The van der Waals surface area contributed by atoms with Gasteiger partial charge in [0.15, 0.2) is 0 Å². The monoisotopic (exact) mass is 138 g/mol. The molecular formula is C9H14O. The molecule has 0 N–H and O–H groups in total. The molecule has 10 heavy (non-hydrogen) atoms. The molecule has 0 radical (unpaired) electrons. The van der Waals surface area contributed by atoms with Crippen LogP contribution in [0.4, 0.5) is 0 Å². The Kier molecular flexibility index (Phi) is 1.33. The van der Waals surface area contributed by atoms with E-state index in [1.54, 1.807) is 0 Å². The molecule has 0 aromatic carbocycles. The van der Waals surface area contributed by atoms with Gasteiger partial charge < -0.3 is 0 Å². The summed E-state index contributed by atoms with van der Waals surface area (Å²) >= 11 is 0. The average molecular weight is 138 g/mol. The van der Waals surface area contributed by atoms with E-state index in [0.717, 1.165) is 5.92 Å². The Hall–Kier alpha value is -0.330. The summed E-state index contributed by atoms with van der Waals surface area (Å²) in [4.78, 5) is 11.4. The zero-order chi connectivity index (χ0) is 7.14. The fourth-order valence-electron chi connectivity index (χ4n) is 2.51. The molecule has 1 nitrogen and oxygen atoms in total. The van der Waals surface area contributed by atoms with Crippen molar-refractivity contribution in [2.24, 2.45) is 17.8 Å². The van der Waals surface area contributed by atoms with Crippen LogP contribution in [-0.4, -0.2) is 5.78 Å². The summed E-state index contributed by atoms with van der Waals surface area (Å²) in [6.45, 7) is 2.11. The summed E-state index contributed by atoms with van der Waals surface area (Å²) < 4.78 is 0. The third kappa shape index (κ3) is 0.727. The van der Waals surface area contributed by atoms with Crippen LogP contribution in [0.2, 0.25) is 0 Å². The maximum atomic E-state index is 11.4. The molecule has 0 amide bonds. The van der Waals surface area contributed by atoms with Crippen LogP contribution < -0.4 is 0 Å². The van der Waals surface area contributed by atoms with Gasteiger partial charge in [-0.15, -0.1) is 0 Å². The molecule has 3 rings (SSSR count). The van der Waals surface area contributed by atoms with Gasteiger partial charge in [-0.25, -0.2) is 0 Å². The molecule has 3 aliphatic rings. The van der Waals surface area contributed by atoms with E-state index in [2.05, 4.69) is 6.92 Å². The SMILES string of the molecule is CC1C(=O)C2CCC1CC2. The Morgan fingerprint density at radius 3 is 2.10 bits per heavy atom. The van der Waals surface area contributed by atoms with Crippen LogP contribution in [0, 0.1) is 17.8 Å². The highest BCUT2D eigenvalue weighted by Gasteiger charge is 2.39. The van der Waals surface area contributed by atoms with E-state index in [1.165, 1.54) is 25.7 Å². The predicted octanol–water partition coefficient (Wildman–Crippen LogP) is 2.01. The van der Waals surface area contributed by atoms with Crippen molar-refractivity contribution < 1.29 is 4.79 Å². The minimum absolute atomic E-state index is 0.396. The third-order valence-corrected chi connectivity index (χ3v) is 3.33. The van der Waals surface area contributed by atoms with E-state index in [0.29, 0.717) is 17.6 Å². The summed E-state index contributed by atoms with van der Waals surface area (Å²) in [5.74, 6) is 2.16. The van der Waals surface area contributed by atoms with E-state index in [1.807, 2.05) is 0 Å². The zero-order valence-corrected chi connectivity index (χ0v) is 6.47. The number of fused-ring (bicyclic) bond motifs is 3. The molecule has 1 unspecified atom stereocenters. The third-order valence-electron chi connectivity index (χ3n) is 3.33. The maximum absolute atomic E-state index is 11.4. The van der Waals surface area contributed by atoms with Crippen molar-refractivity contribution in [2.75, 3.05) is 0 Å². The Morgan fingerprint density at radius 1 is 1.20 bits per heavy atom. The van der Waals surface area contributed by atoms with Crippen LogP contribution in [-0.2, 0) is 4.79 Å². The van der Waals surface area contributed by atoms with E-state index >= 15 is 0 Å². The molecular weight excluding hydrogens is 124 g/mol. The van der Waals surface area contributed by atoms with Gasteiger partial charge in [0.1, 0.15) is 5.78 Å². The van der Waals surface area contributed by atoms with Crippen molar-refractivity contribution in [3.63, 3.8) is 0 Å². The summed E-state index contributed by atoms with van der Waals surface area (Å²) in [7, 11) is 0. The first-order valence-electron chi connectivity index (χ1n) is 4.33. The van der Waals surface area contributed by atoms with Gasteiger partial charge in [0.2, 0.25) is 0 Å². The van der Waals surface area contributed by atoms with E-state index < -0.39 is 0 Å². The molecule has 0 aromatic rings. The van der Waals surface area contributed by atoms with E-state index in [-0.39, 0.29) is 0 Å². The number of hydrogen-bond donors (Lipinski definition) is 0. The lowest BCUT2D eigenvalue weighted by Gasteiger charge is -2.39. The number of Topliss-reactive ketones (excluding diaryl/α,β-unsaturated/α-hetero) is 1. The van der Waals surface area contributed by atoms with Gasteiger partial charge >= 0.3 is 0 Å². The highest BCUT2D eigenvalue weighted by molar-refractivity contribution is 5.84. The molecule has 0 aliphatic heterocycles. The highest BCUT2D eigenvalue weighted by Crippen LogP contribution is 2.42. The zero-order valence-electron chi connectivity index (χ0n) is 6.47.